The summed E-state index contributed by atoms with van der Waals surface area (Å²) in [5, 5.41) is 17.8. The Hall–Kier alpha value is -1.14. The predicted molar refractivity (Wildman–Crippen MR) is 77.1 cm³/mol. The number of rotatable bonds is 7. The molecule has 108 valence electrons. The van der Waals surface area contributed by atoms with E-state index in [9.17, 15) is 9.90 Å². The van der Waals surface area contributed by atoms with E-state index in [4.69, 9.17) is 0 Å². The fourth-order valence-electron chi connectivity index (χ4n) is 1.89. The van der Waals surface area contributed by atoms with Crippen LogP contribution in [0.15, 0.2) is 11.6 Å². The van der Waals surface area contributed by atoms with Crippen molar-refractivity contribution in [3.63, 3.8) is 0 Å². The summed E-state index contributed by atoms with van der Waals surface area (Å²) in [5.41, 5.74) is 0. The summed E-state index contributed by atoms with van der Waals surface area (Å²) in [7, 11) is 0. The number of urea groups is 1. The highest BCUT2D eigenvalue weighted by Gasteiger charge is 2.15. The summed E-state index contributed by atoms with van der Waals surface area (Å²) in [5.74, 6) is 0.255. The monoisotopic (exact) mass is 285 g/mol. The molecule has 0 aromatic carbocycles. The molecule has 0 fully saturated rings. The molecule has 1 aromatic rings. The Morgan fingerprint density at radius 3 is 2.79 bits per heavy atom. The van der Waals surface area contributed by atoms with Crippen LogP contribution >= 0.6 is 11.3 Å². The maximum Gasteiger partial charge on any atom is 0.315 e. The zero-order valence-electron chi connectivity index (χ0n) is 11.7. The van der Waals surface area contributed by atoms with Gasteiger partial charge in [-0.1, -0.05) is 13.8 Å². The van der Waals surface area contributed by atoms with Crippen LogP contribution in [0.5, 0.6) is 0 Å². The summed E-state index contributed by atoms with van der Waals surface area (Å²) >= 11 is 1.54. The normalized spacial score (nSPS) is 15.6. The quantitative estimate of drug-likeness (QED) is 0.719. The number of nitrogens with one attached hydrogen (secondary N) is 2. The number of aromatic nitrogens is 1. The lowest BCUT2D eigenvalue weighted by atomic mass is 10.1. The first kappa shape index (κ1) is 15.9. The lowest BCUT2D eigenvalue weighted by molar-refractivity contribution is 0.163. The molecule has 0 saturated carbocycles. The van der Waals surface area contributed by atoms with Gasteiger partial charge in [0.25, 0.3) is 0 Å². The summed E-state index contributed by atoms with van der Waals surface area (Å²) < 4.78 is 0. The molecule has 1 heterocycles. The van der Waals surface area contributed by atoms with Gasteiger partial charge in [0, 0.05) is 18.1 Å². The molecule has 1 rings (SSSR count). The van der Waals surface area contributed by atoms with Gasteiger partial charge in [-0.2, -0.15) is 0 Å². The number of aliphatic hydroxyl groups excluding tert-OH is 1. The van der Waals surface area contributed by atoms with E-state index in [-0.39, 0.29) is 24.1 Å². The fraction of sp³-hybridized carbons (Fsp3) is 0.692. The van der Waals surface area contributed by atoms with E-state index in [0.29, 0.717) is 13.0 Å². The average Bonchev–Trinajstić information content (AvgIpc) is 2.86. The van der Waals surface area contributed by atoms with E-state index in [2.05, 4.69) is 15.6 Å². The van der Waals surface area contributed by atoms with Crippen LogP contribution in [0.3, 0.4) is 0 Å². The summed E-state index contributed by atoms with van der Waals surface area (Å²) in [4.78, 5) is 16.0. The minimum Gasteiger partial charge on any atom is -0.393 e. The third kappa shape index (κ3) is 6.02. The molecule has 3 N–H and O–H groups in total. The molecule has 6 heteroatoms. The molecule has 0 aliphatic carbocycles. The average molecular weight is 285 g/mol. The standard InChI is InChI=1S/C13H23N3O2S/c1-4-11(12-14-5-6-19-12)16-13(18)15-8-9(2)7-10(3)17/h5-6,9-11,17H,4,7-8H2,1-3H3,(H2,15,16,18). The van der Waals surface area contributed by atoms with Crippen LogP contribution in [0, 0.1) is 5.92 Å². The van der Waals surface area contributed by atoms with Crippen molar-refractivity contribution in [2.75, 3.05) is 6.54 Å². The Balaban J connectivity index is 2.34. The number of carbonyl (C=O) groups excluding carboxylic acids is 1. The Labute approximate surface area is 118 Å². The Morgan fingerprint density at radius 2 is 2.26 bits per heavy atom. The van der Waals surface area contributed by atoms with Crippen LogP contribution in [-0.2, 0) is 0 Å². The third-order valence-electron chi connectivity index (χ3n) is 2.82. The number of aliphatic hydroxyl groups is 1. The van der Waals surface area contributed by atoms with Crippen molar-refractivity contribution in [2.45, 2.75) is 45.8 Å². The van der Waals surface area contributed by atoms with E-state index < -0.39 is 0 Å². The molecule has 3 unspecified atom stereocenters. The highest BCUT2D eigenvalue weighted by molar-refractivity contribution is 7.09. The van der Waals surface area contributed by atoms with Gasteiger partial charge < -0.3 is 15.7 Å². The zero-order chi connectivity index (χ0) is 14.3. The molecule has 1 aromatic heterocycles. The lowest BCUT2D eigenvalue weighted by Crippen LogP contribution is -2.40. The molecular weight excluding hydrogens is 262 g/mol. The number of thiazole rings is 1. The van der Waals surface area contributed by atoms with Gasteiger partial charge in [-0.15, -0.1) is 11.3 Å². The summed E-state index contributed by atoms with van der Waals surface area (Å²) in [6.45, 7) is 6.34. The van der Waals surface area contributed by atoms with Gasteiger partial charge in [-0.05, 0) is 25.7 Å². The molecule has 3 atom stereocenters. The molecule has 0 bridgehead atoms. The molecule has 2 amide bonds. The van der Waals surface area contributed by atoms with Gasteiger partial charge >= 0.3 is 6.03 Å². The minimum absolute atomic E-state index is 0.0351. The molecule has 0 aliphatic rings. The van der Waals surface area contributed by atoms with Gasteiger partial charge in [-0.3, -0.25) is 0 Å². The Kier molecular flexibility index (Phi) is 6.80. The van der Waals surface area contributed by atoms with Gasteiger partial charge in [0.2, 0.25) is 0 Å². The molecular formula is C13H23N3O2S. The topological polar surface area (TPSA) is 74.2 Å². The van der Waals surface area contributed by atoms with Crippen LogP contribution in [0.1, 0.15) is 44.7 Å². The smallest absolute Gasteiger partial charge is 0.315 e. The van der Waals surface area contributed by atoms with Crippen LogP contribution in [0.25, 0.3) is 0 Å². The number of carbonyl (C=O) groups is 1. The van der Waals surface area contributed by atoms with Crippen LogP contribution in [0.4, 0.5) is 4.79 Å². The molecule has 0 radical (unpaired) electrons. The summed E-state index contributed by atoms with van der Waals surface area (Å²) in [6.07, 6.45) is 2.90. The Bertz CT molecular complexity index is 368. The number of amides is 2. The predicted octanol–water partition coefficient (Wildman–Crippen LogP) is 2.30. The van der Waals surface area contributed by atoms with Crippen LogP contribution in [-0.4, -0.2) is 28.8 Å². The molecule has 19 heavy (non-hydrogen) atoms. The zero-order valence-corrected chi connectivity index (χ0v) is 12.5. The van der Waals surface area contributed by atoms with Crippen molar-refractivity contribution < 1.29 is 9.90 Å². The fourth-order valence-corrected chi connectivity index (χ4v) is 2.66. The second-order valence-electron chi connectivity index (χ2n) is 4.88. The van der Waals surface area contributed by atoms with E-state index in [1.807, 2.05) is 19.2 Å². The van der Waals surface area contributed by atoms with Crippen molar-refractivity contribution in [1.29, 1.82) is 0 Å². The van der Waals surface area contributed by atoms with E-state index >= 15 is 0 Å². The van der Waals surface area contributed by atoms with Gasteiger partial charge in [0.05, 0.1) is 12.1 Å². The number of hydrogen-bond donors (Lipinski definition) is 3. The first-order valence-electron chi connectivity index (χ1n) is 6.64. The van der Waals surface area contributed by atoms with Gasteiger partial charge in [0.1, 0.15) is 5.01 Å². The minimum atomic E-state index is -0.335. The van der Waals surface area contributed by atoms with E-state index in [1.165, 1.54) is 0 Å². The lowest BCUT2D eigenvalue weighted by Gasteiger charge is -2.17. The molecule has 0 saturated heterocycles. The van der Waals surface area contributed by atoms with Crippen molar-refractivity contribution in [1.82, 2.24) is 15.6 Å². The molecule has 5 nitrogen and oxygen atoms in total. The second-order valence-corrected chi connectivity index (χ2v) is 5.80. The second kappa shape index (κ2) is 8.12. The van der Waals surface area contributed by atoms with Gasteiger partial charge in [0.15, 0.2) is 0 Å². The Morgan fingerprint density at radius 1 is 1.53 bits per heavy atom. The van der Waals surface area contributed by atoms with Crippen molar-refractivity contribution in [3.8, 4) is 0 Å². The maximum atomic E-state index is 11.8. The van der Waals surface area contributed by atoms with Gasteiger partial charge in [-0.25, -0.2) is 9.78 Å². The number of nitrogens with zero attached hydrogens (tertiary/aromatic N) is 1. The molecule has 0 aliphatic heterocycles. The van der Waals surface area contributed by atoms with E-state index in [0.717, 1.165) is 11.4 Å². The highest BCUT2D eigenvalue weighted by atomic mass is 32.1. The summed E-state index contributed by atoms with van der Waals surface area (Å²) in [6, 6.07) is -0.216. The van der Waals surface area contributed by atoms with Crippen LogP contribution < -0.4 is 10.6 Å². The SMILES string of the molecule is CCC(NC(=O)NCC(C)CC(C)O)c1nccs1. The third-order valence-corrected chi connectivity index (χ3v) is 3.71. The van der Waals surface area contributed by atoms with Crippen molar-refractivity contribution in [2.24, 2.45) is 5.92 Å². The van der Waals surface area contributed by atoms with Crippen LogP contribution in [0.2, 0.25) is 0 Å². The first-order valence-corrected chi connectivity index (χ1v) is 7.52. The van der Waals surface area contributed by atoms with Crippen molar-refractivity contribution in [3.05, 3.63) is 16.6 Å². The maximum absolute atomic E-state index is 11.8. The largest absolute Gasteiger partial charge is 0.393 e. The number of hydrogen-bond acceptors (Lipinski definition) is 4. The van der Waals surface area contributed by atoms with E-state index in [1.54, 1.807) is 24.5 Å². The molecule has 0 spiro atoms. The van der Waals surface area contributed by atoms with Crippen molar-refractivity contribution >= 4 is 17.4 Å². The first-order chi connectivity index (χ1) is 9.02. The highest BCUT2D eigenvalue weighted by Crippen LogP contribution is 2.18.